The van der Waals surface area contributed by atoms with Crippen molar-refractivity contribution in [2.75, 3.05) is 0 Å². The maximum absolute atomic E-state index is 13.3. The lowest BCUT2D eigenvalue weighted by Crippen LogP contribution is -2.43. The van der Waals surface area contributed by atoms with Gasteiger partial charge in [-0.1, -0.05) is 26.7 Å². The van der Waals surface area contributed by atoms with Crippen molar-refractivity contribution in [3.05, 3.63) is 34.4 Å². The predicted octanol–water partition coefficient (Wildman–Crippen LogP) is 4.95. The molecule has 1 aromatic rings. The molecule has 182 valence electrons. The fourth-order valence-electron chi connectivity index (χ4n) is 5.63. The molecule has 3 rings (SSSR count). The summed E-state index contributed by atoms with van der Waals surface area (Å²) in [7, 11) is 0. The van der Waals surface area contributed by atoms with E-state index in [1.165, 1.54) is 0 Å². The van der Waals surface area contributed by atoms with Gasteiger partial charge in [0.15, 0.2) is 0 Å². The van der Waals surface area contributed by atoms with Crippen LogP contribution < -0.4 is 5.32 Å². The second-order valence-corrected chi connectivity index (χ2v) is 11.4. The van der Waals surface area contributed by atoms with Crippen LogP contribution in [0.15, 0.2) is 12.1 Å². The topological polar surface area (TPSA) is 80.3 Å². The van der Waals surface area contributed by atoms with Crippen molar-refractivity contribution in [2.24, 2.45) is 16.7 Å². The van der Waals surface area contributed by atoms with Gasteiger partial charge in [-0.2, -0.15) is 0 Å². The Morgan fingerprint density at radius 3 is 2.03 bits per heavy atom. The summed E-state index contributed by atoms with van der Waals surface area (Å²) in [4.78, 5) is 51.0. The van der Waals surface area contributed by atoms with Gasteiger partial charge in [0.25, 0.3) is 0 Å². The summed E-state index contributed by atoms with van der Waals surface area (Å²) in [5, 5.41) is 2.50. The van der Waals surface area contributed by atoms with Crippen molar-refractivity contribution >= 4 is 23.4 Å². The van der Waals surface area contributed by atoms with E-state index < -0.39 is 11.3 Å². The molecule has 0 bridgehead atoms. The third-order valence-corrected chi connectivity index (χ3v) is 7.47. The number of ketones is 2. The van der Waals surface area contributed by atoms with E-state index in [2.05, 4.69) is 17.2 Å². The molecule has 0 aliphatic heterocycles. The van der Waals surface area contributed by atoms with Crippen LogP contribution in [0, 0.1) is 42.4 Å². The number of Topliss-reactive ketones (excluding diaryl/α,β-unsaturated/α-hetero) is 2. The fraction of sp³-hybridized carbons (Fsp3) is 0.586. The number of rotatable bonds is 3. The summed E-state index contributed by atoms with van der Waals surface area (Å²) in [6, 6.07) is 3.93. The molecule has 0 aromatic heterocycles. The summed E-state index contributed by atoms with van der Waals surface area (Å²) >= 11 is 0. The molecule has 1 aromatic carbocycles. The zero-order chi connectivity index (χ0) is 25.3. The van der Waals surface area contributed by atoms with Gasteiger partial charge in [0, 0.05) is 30.2 Å². The first-order valence-corrected chi connectivity index (χ1v) is 12.3. The molecule has 0 saturated heterocycles. The van der Waals surface area contributed by atoms with Crippen molar-refractivity contribution in [1.29, 1.82) is 0 Å². The number of hydrogen-bond donors (Lipinski definition) is 1. The largest absolute Gasteiger partial charge is 0.299 e. The van der Waals surface area contributed by atoms with Crippen LogP contribution in [-0.2, 0) is 19.2 Å². The second-order valence-electron chi connectivity index (χ2n) is 11.4. The monoisotopic (exact) mass is 463 g/mol. The van der Waals surface area contributed by atoms with E-state index in [9.17, 15) is 19.2 Å². The number of benzene rings is 1. The molecule has 5 heteroatoms. The molecule has 0 heterocycles. The summed E-state index contributed by atoms with van der Waals surface area (Å²) in [5.41, 5.74) is 2.75. The average Bonchev–Trinajstić information content (AvgIpc) is 2.71. The number of carbonyl (C=O) groups excluding carboxylic acids is 4. The van der Waals surface area contributed by atoms with E-state index in [0.717, 1.165) is 47.9 Å². The zero-order valence-corrected chi connectivity index (χ0v) is 21.4. The highest BCUT2D eigenvalue weighted by molar-refractivity contribution is 6.10. The molecular formula is C29H37NO4. The minimum Gasteiger partial charge on any atom is -0.299 e. The maximum Gasteiger partial charge on any atom is 0.231 e. The van der Waals surface area contributed by atoms with E-state index in [0.29, 0.717) is 19.3 Å². The zero-order valence-electron chi connectivity index (χ0n) is 21.4. The fourth-order valence-corrected chi connectivity index (χ4v) is 5.63. The van der Waals surface area contributed by atoms with E-state index in [4.69, 9.17) is 0 Å². The Morgan fingerprint density at radius 2 is 1.56 bits per heavy atom. The van der Waals surface area contributed by atoms with Crippen LogP contribution in [0.2, 0.25) is 0 Å². The first-order valence-electron chi connectivity index (χ1n) is 12.3. The van der Waals surface area contributed by atoms with E-state index in [-0.39, 0.29) is 34.7 Å². The smallest absolute Gasteiger partial charge is 0.231 e. The Labute approximate surface area is 203 Å². The highest BCUT2D eigenvalue weighted by atomic mass is 16.2. The Bertz CT molecular complexity index is 1030. The third-order valence-electron chi connectivity index (χ3n) is 7.47. The van der Waals surface area contributed by atoms with Crippen LogP contribution in [0.25, 0.3) is 0 Å². The lowest BCUT2D eigenvalue weighted by molar-refractivity contribution is -0.140. The minimum absolute atomic E-state index is 0.0174. The summed E-state index contributed by atoms with van der Waals surface area (Å²) < 4.78 is 0. The number of hydrogen-bond acceptors (Lipinski definition) is 4. The van der Waals surface area contributed by atoms with Crippen LogP contribution in [-0.4, -0.2) is 23.4 Å². The first-order chi connectivity index (χ1) is 15.8. The SMILES string of the molecule is CC#Cc1cc(C)c(C2C(=O)CC3(CCC(CC(=O)NC(=O)C(C)(C)C)CC3)CC2=O)c(C)c1. The Hall–Kier alpha value is -2.74. The number of amides is 2. The molecule has 0 radical (unpaired) electrons. The molecule has 5 nitrogen and oxygen atoms in total. The van der Waals surface area contributed by atoms with Gasteiger partial charge in [0.2, 0.25) is 11.8 Å². The van der Waals surface area contributed by atoms with Crippen molar-refractivity contribution in [3.8, 4) is 11.8 Å². The molecule has 2 amide bonds. The summed E-state index contributed by atoms with van der Waals surface area (Å²) in [5.74, 6) is 4.99. The van der Waals surface area contributed by atoms with Gasteiger partial charge >= 0.3 is 0 Å². The van der Waals surface area contributed by atoms with Gasteiger partial charge in [0.1, 0.15) is 17.5 Å². The van der Waals surface area contributed by atoms with Gasteiger partial charge in [-0.3, -0.25) is 24.5 Å². The number of nitrogens with one attached hydrogen (secondary N) is 1. The summed E-state index contributed by atoms with van der Waals surface area (Å²) in [6.07, 6.45) is 4.28. The van der Waals surface area contributed by atoms with Crippen molar-refractivity contribution < 1.29 is 19.2 Å². The predicted molar refractivity (Wildman–Crippen MR) is 132 cm³/mol. The minimum atomic E-state index is -0.679. The van der Waals surface area contributed by atoms with Gasteiger partial charge in [-0.05, 0) is 86.6 Å². The number of aryl methyl sites for hydroxylation is 2. The molecule has 34 heavy (non-hydrogen) atoms. The second kappa shape index (κ2) is 9.86. The molecule has 2 saturated carbocycles. The Morgan fingerprint density at radius 1 is 1.03 bits per heavy atom. The van der Waals surface area contributed by atoms with Crippen LogP contribution in [0.5, 0.6) is 0 Å². The highest BCUT2D eigenvalue weighted by Gasteiger charge is 2.47. The molecule has 0 atom stereocenters. The maximum atomic E-state index is 13.3. The molecule has 0 unspecified atom stereocenters. The summed E-state index contributed by atoms with van der Waals surface area (Å²) in [6.45, 7) is 11.0. The van der Waals surface area contributed by atoms with Crippen LogP contribution in [0.3, 0.4) is 0 Å². The first kappa shape index (κ1) is 25.9. The van der Waals surface area contributed by atoms with E-state index in [1.807, 2.05) is 26.0 Å². The van der Waals surface area contributed by atoms with Gasteiger partial charge in [-0.15, -0.1) is 5.92 Å². The van der Waals surface area contributed by atoms with Crippen molar-refractivity contribution in [3.63, 3.8) is 0 Å². The lowest BCUT2D eigenvalue weighted by atomic mass is 9.59. The van der Waals surface area contributed by atoms with Gasteiger partial charge in [-0.25, -0.2) is 0 Å². The molecular weight excluding hydrogens is 426 g/mol. The van der Waals surface area contributed by atoms with Gasteiger partial charge < -0.3 is 0 Å². The quantitative estimate of drug-likeness (QED) is 0.508. The van der Waals surface area contributed by atoms with Gasteiger partial charge in [0.05, 0.1) is 0 Å². The van der Waals surface area contributed by atoms with Crippen LogP contribution in [0.4, 0.5) is 0 Å². The number of imide groups is 1. The Balaban J connectivity index is 1.65. The van der Waals surface area contributed by atoms with E-state index >= 15 is 0 Å². The molecule has 1 N–H and O–H groups in total. The van der Waals surface area contributed by atoms with Crippen LogP contribution >= 0.6 is 0 Å². The molecule has 1 spiro atoms. The lowest BCUT2D eigenvalue weighted by Gasteiger charge is -2.43. The Kier molecular flexibility index (Phi) is 7.50. The van der Waals surface area contributed by atoms with Crippen molar-refractivity contribution in [1.82, 2.24) is 5.32 Å². The highest BCUT2D eigenvalue weighted by Crippen LogP contribution is 2.50. The van der Waals surface area contributed by atoms with Crippen LogP contribution in [0.1, 0.15) is 101 Å². The normalized spacial score (nSPS) is 25.0. The molecule has 2 fully saturated rings. The molecule has 2 aliphatic carbocycles. The molecule has 2 aliphatic rings. The third kappa shape index (κ3) is 5.66. The average molecular weight is 464 g/mol. The van der Waals surface area contributed by atoms with Crippen molar-refractivity contribution in [2.45, 2.75) is 92.4 Å². The van der Waals surface area contributed by atoms with E-state index in [1.54, 1.807) is 27.7 Å². The number of carbonyl (C=O) groups is 4. The standard InChI is InChI=1S/C29H37NO4/c1-7-8-21-13-18(2)25(19(3)14-21)26-22(31)16-29(17-23(26)32)11-9-20(10-12-29)15-24(33)30-27(34)28(4,5)6/h13-14,20,26H,9-12,15-17H2,1-6H3,(H,30,33,34).